The molecule has 260 valence electrons. The number of hydrogen-bond donors (Lipinski definition) is 10. The Hall–Kier alpha value is -4.42. The van der Waals surface area contributed by atoms with E-state index in [1.165, 1.54) is 6.92 Å². The summed E-state index contributed by atoms with van der Waals surface area (Å²) in [7, 11) is 0. The molecule has 0 rings (SSSR count). The van der Waals surface area contributed by atoms with Crippen LogP contribution in [0.2, 0.25) is 0 Å². The van der Waals surface area contributed by atoms with Crippen LogP contribution in [-0.4, -0.2) is 111 Å². The first kappa shape index (κ1) is 41.6. The van der Waals surface area contributed by atoms with Crippen molar-refractivity contribution in [2.45, 2.75) is 97.1 Å². The van der Waals surface area contributed by atoms with Crippen molar-refractivity contribution in [2.24, 2.45) is 11.8 Å². The molecule has 0 saturated carbocycles. The third-order valence-corrected chi connectivity index (χ3v) is 7.04. The van der Waals surface area contributed by atoms with Crippen LogP contribution in [0.15, 0.2) is 0 Å². The van der Waals surface area contributed by atoms with Gasteiger partial charge in [-0.15, -0.1) is 0 Å². The average molecular weight is 677 g/mol. The zero-order chi connectivity index (χ0) is 35.9. The highest BCUT2D eigenvalue weighted by Gasteiger charge is 2.35. The molecule has 19 heteroatoms. The molecular formula is C27H44N6O12S. The minimum atomic E-state index is -1.79. The number of amides is 6. The van der Waals surface area contributed by atoms with Crippen LogP contribution < -0.4 is 31.9 Å². The van der Waals surface area contributed by atoms with Crippen LogP contribution >= 0.6 is 12.6 Å². The fourth-order valence-electron chi connectivity index (χ4n) is 3.87. The number of carbonyl (C=O) groups is 9. The maximum atomic E-state index is 13.4. The van der Waals surface area contributed by atoms with Gasteiger partial charge in [-0.05, 0) is 18.8 Å². The molecule has 0 aromatic rings. The number of carboxylic acid groups (broad SMARTS) is 3. The summed E-state index contributed by atoms with van der Waals surface area (Å²) in [5, 5.41) is 41.3. The number of carboxylic acids is 3. The number of rotatable bonds is 20. The minimum Gasteiger partial charge on any atom is -0.481 e. The molecule has 0 saturated heterocycles. The van der Waals surface area contributed by atoms with E-state index in [1.807, 2.05) is 0 Å². The summed E-state index contributed by atoms with van der Waals surface area (Å²) < 4.78 is 0. The van der Waals surface area contributed by atoms with Gasteiger partial charge in [0.05, 0.1) is 12.8 Å². The summed E-state index contributed by atoms with van der Waals surface area (Å²) >= 11 is 3.86. The smallest absolute Gasteiger partial charge is 0.327 e. The maximum Gasteiger partial charge on any atom is 0.327 e. The zero-order valence-corrected chi connectivity index (χ0v) is 27.3. The summed E-state index contributed by atoms with van der Waals surface area (Å²) in [6.45, 7) is 8.79. The van der Waals surface area contributed by atoms with Crippen molar-refractivity contribution in [3.8, 4) is 0 Å². The van der Waals surface area contributed by atoms with E-state index in [9.17, 15) is 48.3 Å². The molecule has 0 aromatic carbocycles. The fraction of sp³-hybridized carbons (Fsp3) is 0.667. The molecule has 6 amide bonds. The highest BCUT2D eigenvalue weighted by Crippen LogP contribution is 2.12. The molecule has 0 spiro atoms. The first-order valence-electron chi connectivity index (χ1n) is 14.3. The largest absolute Gasteiger partial charge is 0.481 e. The van der Waals surface area contributed by atoms with Gasteiger partial charge in [-0.1, -0.05) is 34.1 Å². The summed E-state index contributed by atoms with van der Waals surface area (Å²) in [4.78, 5) is 110. The Morgan fingerprint density at radius 3 is 1.43 bits per heavy atom. The van der Waals surface area contributed by atoms with Crippen molar-refractivity contribution < 1.29 is 58.5 Å². The Morgan fingerprint density at radius 1 is 0.587 bits per heavy atom. The fourth-order valence-corrected chi connectivity index (χ4v) is 4.12. The van der Waals surface area contributed by atoms with E-state index in [2.05, 4.69) is 44.5 Å². The number of nitrogens with one attached hydrogen (secondary N) is 6. The lowest BCUT2D eigenvalue weighted by Crippen LogP contribution is -2.61. The molecule has 0 aliphatic heterocycles. The van der Waals surface area contributed by atoms with E-state index in [0.717, 1.165) is 6.92 Å². The van der Waals surface area contributed by atoms with E-state index in [4.69, 9.17) is 10.2 Å². The second-order valence-corrected chi connectivity index (χ2v) is 11.3. The van der Waals surface area contributed by atoms with Crippen molar-refractivity contribution in [1.82, 2.24) is 31.9 Å². The molecule has 0 heterocycles. The standard InChI is InChI=1S/C27H44N6O12S/c1-7-12(4)21(33-24(41)16(9-19(37)38)30-23(40)15(8-18(35)36)29-14(6)34)26(43)32-20(11(2)3)25(42)28-13(5)22(39)31-17(10-46)27(44)45/h11-13,15-17,20-21,46H,7-10H2,1-6H3,(H,28,42)(H,29,34)(H,30,40)(H,31,39)(H,32,43)(H,33,41)(H,35,36)(H,37,38)(H,44,45). The van der Waals surface area contributed by atoms with Crippen molar-refractivity contribution in [3.63, 3.8) is 0 Å². The van der Waals surface area contributed by atoms with Crippen LogP contribution in [-0.2, 0) is 43.2 Å². The molecule has 7 unspecified atom stereocenters. The van der Waals surface area contributed by atoms with Crippen LogP contribution in [0.1, 0.15) is 60.8 Å². The van der Waals surface area contributed by atoms with Crippen LogP contribution in [0.25, 0.3) is 0 Å². The zero-order valence-electron chi connectivity index (χ0n) is 26.4. The van der Waals surface area contributed by atoms with E-state index in [0.29, 0.717) is 6.42 Å². The molecule has 18 nitrogen and oxygen atoms in total. The monoisotopic (exact) mass is 676 g/mol. The number of thiol groups is 1. The Kier molecular flexibility index (Phi) is 17.9. The Labute approximate surface area is 271 Å². The van der Waals surface area contributed by atoms with Crippen molar-refractivity contribution >= 4 is 66.0 Å². The second-order valence-electron chi connectivity index (χ2n) is 10.9. The Balaban J connectivity index is 5.95. The van der Waals surface area contributed by atoms with Gasteiger partial charge in [0.1, 0.15) is 36.3 Å². The van der Waals surface area contributed by atoms with E-state index in [1.54, 1.807) is 27.7 Å². The van der Waals surface area contributed by atoms with Crippen LogP contribution in [0.4, 0.5) is 0 Å². The van der Waals surface area contributed by atoms with E-state index < -0.39 is 114 Å². The molecule has 9 N–H and O–H groups in total. The number of hydrogen-bond acceptors (Lipinski definition) is 10. The minimum absolute atomic E-state index is 0.204. The molecule has 0 aromatic heterocycles. The van der Waals surface area contributed by atoms with Gasteiger partial charge in [-0.25, -0.2) is 4.79 Å². The van der Waals surface area contributed by atoms with Gasteiger partial charge in [0.15, 0.2) is 0 Å². The molecule has 7 atom stereocenters. The third-order valence-electron chi connectivity index (χ3n) is 6.67. The number of carbonyl (C=O) groups excluding carboxylic acids is 6. The predicted molar refractivity (Wildman–Crippen MR) is 163 cm³/mol. The highest BCUT2D eigenvalue weighted by molar-refractivity contribution is 7.80. The van der Waals surface area contributed by atoms with Gasteiger partial charge in [0.2, 0.25) is 35.4 Å². The topological polar surface area (TPSA) is 286 Å². The predicted octanol–water partition coefficient (Wildman–Crippen LogP) is -2.40. The van der Waals surface area contributed by atoms with Crippen molar-refractivity contribution in [2.75, 3.05) is 5.75 Å². The molecule has 0 aliphatic rings. The number of aliphatic carboxylic acids is 3. The van der Waals surface area contributed by atoms with E-state index in [-0.39, 0.29) is 5.75 Å². The van der Waals surface area contributed by atoms with Gasteiger partial charge >= 0.3 is 17.9 Å². The van der Waals surface area contributed by atoms with Gasteiger partial charge in [-0.3, -0.25) is 38.4 Å². The van der Waals surface area contributed by atoms with Gasteiger partial charge < -0.3 is 47.2 Å². The second kappa shape index (κ2) is 19.9. The summed E-state index contributed by atoms with van der Waals surface area (Å²) in [6, 6.07) is -8.52. The quantitative estimate of drug-likeness (QED) is 0.0604. The van der Waals surface area contributed by atoms with E-state index >= 15 is 0 Å². The summed E-state index contributed by atoms with van der Waals surface area (Å²) in [5.41, 5.74) is 0. The van der Waals surface area contributed by atoms with Crippen molar-refractivity contribution in [1.29, 1.82) is 0 Å². The normalized spacial score (nSPS) is 15.4. The molecule has 0 fully saturated rings. The molecular weight excluding hydrogens is 632 g/mol. The third kappa shape index (κ3) is 14.6. The Morgan fingerprint density at radius 2 is 1.02 bits per heavy atom. The Bertz CT molecular complexity index is 1150. The van der Waals surface area contributed by atoms with Gasteiger partial charge in [-0.2, -0.15) is 12.6 Å². The molecule has 0 aliphatic carbocycles. The molecule has 0 radical (unpaired) electrons. The highest BCUT2D eigenvalue weighted by atomic mass is 32.1. The van der Waals surface area contributed by atoms with Gasteiger partial charge in [0, 0.05) is 12.7 Å². The van der Waals surface area contributed by atoms with Crippen LogP contribution in [0.3, 0.4) is 0 Å². The lowest BCUT2D eigenvalue weighted by atomic mass is 9.96. The molecule has 46 heavy (non-hydrogen) atoms. The summed E-state index contributed by atoms with van der Waals surface area (Å²) in [6.07, 6.45) is -1.50. The SMILES string of the molecule is CCC(C)C(NC(=O)C(CC(=O)O)NC(=O)C(CC(=O)O)NC(C)=O)C(=O)NC(C(=O)NC(C)C(=O)NC(CS)C(=O)O)C(C)C. The maximum absolute atomic E-state index is 13.4. The van der Waals surface area contributed by atoms with Gasteiger partial charge in [0.25, 0.3) is 0 Å². The lowest BCUT2D eigenvalue weighted by Gasteiger charge is -2.30. The van der Waals surface area contributed by atoms with Crippen molar-refractivity contribution in [3.05, 3.63) is 0 Å². The first-order chi connectivity index (χ1) is 21.2. The van der Waals surface area contributed by atoms with Crippen LogP contribution in [0.5, 0.6) is 0 Å². The molecule has 0 bridgehead atoms. The first-order valence-corrected chi connectivity index (χ1v) is 14.9. The average Bonchev–Trinajstić information content (AvgIpc) is 2.94. The summed E-state index contributed by atoms with van der Waals surface area (Å²) in [5.74, 6) is -11.1. The lowest BCUT2D eigenvalue weighted by molar-refractivity contribution is -0.143. The van der Waals surface area contributed by atoms with Crippen LogP contribution in [0, 0.1) is 11.8 Å².